The molecule has 0 bridgehead atoms. The van der Waals surface area contributed by atoms with E-state index in [1.807, 2.05) is 0 Å². The Balaban J connectivity index is 1.51. The number of fused-ring (bicyclic) bond motifs is 2. The third kappa shape index (κ3) is 3.89. The molecular formula is C22H18FN5O7. The molecule has 0 radical (unpaired) electrons. The summed E-state index contributed by atoms with van der Waals surface area (Å²) in [7, 11) is 0. The number of hydrogen-bond acceptors (Lipinski definition) is 10. The Bertz CT molecular complexity index is 1350. The van der Waals surface area contributed by atoms with Gasteiger partial charge in [-0.2, -0.15) is 14.4 Å². The highest BCUT2D eigenvalue weighted by molar-refractivity contribution is 6.35. The van der Waals surface area contributed by atoms with E-state index >= 15 is 0 Å². The van der Waals surface area contributed by atoms with Crippen molar-refractivity contribution in [1.29, 1.82) is 0 Å². The normalized spacial score (nSPS) is 21.5. The number of esters is 2. The van der Waals surface area contributed by atoms with Crippen LogP contribution in [0, 0.1) is 6.08 Å². The Kier molecular flexibility index (Phi) is 5.47. The fraction of sp³-hybridized carbons (Fsp3) is 0.318. The number of imidazole rings is 1. The molecule has 2 aromatic heterocycles. The van der Waals surface area contributed by atoms with Gasteiger partial charge in [-0.3, -0.25) is 23.7 Å². The topological polar surface area (TPSA) is 143 Å². The van der Waals surface area contributed by atoms with Crippen molar-refractivity contribution in [2.45, 2.75) is 38.7 Å². The molecule has 1 fully saturated rings. The fourth-order valence-corrected chi connectivity index (χ4v) is 4.18. The number of imide groups is 1. The lowest BCUT2D eigenvalue weighted by Gasteiger charge is -2.17. The van der Waals surface area contributed by atoms with Crippen molar-refractivity contribution in [3.05, 3.63) is 47.8 Å². The zero-order valence-corrected chi connectivity index (χ0v) is 18.5. The van der Waals surface area contributed by atoms with Crippen LogP contribution < -0.4 is 4.90 Å². The second-order valence-corrected chi connectivity index (χ2v) is 7.95. The number of nitrogens with zero attached hydrogens (tertiary/aromatic N) is 5. The molecule has 1 aromatic carbocycles. The Morgan fingerprint density at radius 2 is 1.80 bits per heavy atom. The van der Waals surface area contributed by atoms with E-state index in [0.29, 0.717) is 0 Å². The Morgan fingerprint density at radius 1 is 1.11 bits per heavy atom. The van der Waals surface area contributed by atoms with Crippen molar-refractivity contribution in [2.75, 3.05) is 11.5 Å². The minimum atomic E-state index is -1.18. The molecule has 180 valence electrons. The Morgan fingerprint density at radius 3 is 2.43 bits per heavy atom. The number of hydrogen-bond donors (Lipinski definition) is 0. The Hall–Kier alpha value is -4.26. The van der Waals surface area contributed by atoms with E-state index in [-0.39, 0.29) is 41.1 Å². The van der Waals surface area contributed by atoms with Gasteiger partial charge in [0, 0.05) is 20.3 Å². The summed E-state index contributed by atoms with van der Waals surface area (Å²) in [4.78, 5) is 61.1. The van der Waals surface area contributed by atoms with Crippen molar-refractivity contribution in [3.63, 3.8) is 0 Å². The van der Waals surface area contributed by atoms with Crippen LogP contribution >= 0.6 is 0 Å². The summed E-state index contributed by atoms with van der Waals surface area (Å²) in [5.41, 5.74) is 0.294. The molecule has 12 nitrogen and oxygen atoms in total. The summed E-state index contributed by atoms with van der Waals surface area (Å²) in [5.74, 6) is -2.71. The van der Waals surface area contributed by atoms with Crippen LogP contribution in [0.4, 0.5) is 10.2 Å². The number of ether oxygens (including phenoxy) is 3. The van der Waals surface area contributed by atoms with Gasteiger partial charge in [-0.15, -0.1) is 0 Å². The summed E-state index contributed by atoms with van der Waals surface area (Å²) >= 11 is 0. The van der Waals surface area contributed by atoms with E-state index in [4.69, 9.17) is 14.2 Å². The first-order chi connectivity index (χ1) is 16.7. The predicted molar refractivity (Wildman–Crippen MR) is 114 cm³/mol. The van der Waals surface area contributed by atoms with Gasteiger partial charge in [0.25, 0.3) is 11.8 Å². The average Bonchev–Trinajstić information content (AvgIpc) is 3.47. The van der Waals surface area contributed by atoms with Crippen LogP contribution in [0.2, 0.25) is 0 Å². The SMILES string of the molecule is CC(=O)OC[C@H]1O[C@@H](n2cnc3c([15N]4C(=O)c5ccccc5C4=O)nc(F)nc32)C[C@@H]1OC(C)=O. The highest BCUT2D eigenvalue weighted by atomic mass is 19.1. The number of benzene rings is 1. The van der Waals surface area contributed by atoms with Crippen LogP contribution in [0.5, 0.6) is 0 Å². The molecule has 3 aromatic rings. The number of carbonyl (C=O) groups excluding carboxylic acids is 4. The van der Waals surface area contributed by atoms with Gasteiger partial charge in [0.15, 0.2) is 17.0 Å². The van der Waals surface area contributed by atoms with Crippen molar-refractivity contribution in [1.82, 2.24) is 19.5 Å². The van der Waals surface area contributed by atoms with Crippen LogP contribution in [0.25, 0.3) is 11.2 Å². The Labute approximate surface area is 196 Å². The number of carbonyl (C=O) groups is 4. The van der Waals surface area contributed by atoms with Crippen molar-refractivity contribution < 1.29 is 37.8 Å². The maximum Gasteiger partial charge on any atom is 0.312 e. The van der Waals surface area contributed by atoms with Gasteiger partial charge in [-0.1, -0.05) is 12.1 Å². The smallest absolute Gasteiger partial charge is 0.312 e. The number of anilines is 1. The lowest BCUT2D eigenvalue weighted by Crippen LogP contribution is -2.31. The lowest BCUT2D eigenvalue weighted by atomic mass is 10.1. The van der Waals surface area contributed by atoms with Crippen molar-refractivity contribution in [2.24, 2.45) is 0 Å². The zero-order chi connectivity index (χ0) is 24.9. The van der Waals surface area contributed by atoms with Crippen LogP contribution in [0.1, 0.15) is 47.2 Å². The molecule has 5 rings (SSSR count). The number of halogens is 1. The average molecular weight is 484 g/mol. The van der Waals surface area contributed by atoms with Crippen LogP contribution in [-0.4, -0.2) is 62.1 Å². The first-order valence-electron chi connectivity index (χ1n) is 10.6. The van der Waals surface area contributed by atoms with Gasteiger partial charge < -0.3 is 14.2 Å². The standard InChI is InChI=1S/C22H18FN5O7/c1-10(29)33-8-15-14(34-11(2)30)7-16(35-15)27-9-24-17-18(27)25-22(23)26-19(17)28-20(31)12-5-3-4-6-13(12)21(28)32/h3-6,9,14-16H,7-8H2,1-2H3/t14-,15+,16+/m0/s1/i28+1. The monoisotopic (exact) mass is 484 g/mol. The van der Waals surface area contributed by atoms with Crippen molar-refractivity contribution in [3.8, 4) is 0 Å². The highest BCUT2D eigenvalue weighted by Gasteiger charge is 2.42. The van der Waals surface area contributed by atoms with Gasteiger partial charge in [-0.05, 0) is 12.1 Å². The van der Waals surface area contributed by atoms with Crippen LogP contribution in [0.15, 0.2) is 30.6 Å². The lowest BCUT2D eigenvalue weighted by molar-refractivity contribution is -0.155. The summed E-state index contributed by atoms with van der Waals surface area (Å²) in [6, 6.07) is 6.21. The van der Waals surface area contributed by atoms with E-state index in [9.17, 15) is 23.6 Å². The molecular weight excluding hydrogens is 466 g/mol. The van der Waals surface area contributed by atoms with Crippen LogP contribution in [-0.2, 0) is 23.8 Å². The third-order valence-electron chi connectivity index (χ3n) is 5.64. The van der Waals surface area contributed by atoms with Gasteiger partial charge in [-0.25, -0.2) is 9.88 Å². The molecule has 0 N–H and O–H groups in total. The summed E-state index contributed by atoms with van der Waals surface area (Å²) in [6.07, 6.45) is -2.12. The van der Waals surface area contributed by atoms with Gasteiger partial charge in [0.1, 0.15) is 25.0 Å². The minimum absolute atomic E-state index is 0.00280. The van der Waals surface area contributed by atoms with E-state index in [1.54, 1.807) is 12.1 Å². The zero-order valence-electron chi connectivity index (χ0n) is 18.5. The molecule has 0 unspecified atom stereocenters. The molecule has 4 heterocycles. The highest BCUT2D eigenvalue weighted by Crippen LogP contribution is 2.36. The van der Waals surface area contributed by atoms with Gasteiger partial charge in [0.2, 0.25) is 0 Å². The first-order valence-corrected chi connectivity index (χ1v) is 10.6. The molecule has 3 atom stereocenters. The summed E-state index contributed by atoms with van der Waals surface area (Å²) in [5, 5.41) is 0. The minimum Gasteiger partial charge on any atom is -0.463 e. The molecule has 2 aliphatic heterocycles. The van der Waals surface area contributed by atoms with E-state index in [1.165, 1.54) is 36.9 Å². The quantitative estimate of drug-likeness (QED) is 0.226. The molecule has 0 spiro atoms. The molecule has 2 aliphatic rings. The van der Waals surface area contributed by atoms with Gasteiger partial charge >= 0.3 is 18.0 Å². The number of rotatable bonds is 5. The molecule has 13 heteroatoms. The fourth-order valence-electron chi connectivity index (χ4n) is 4.18. The second kappa shape index (κ2) is 8.51. The molecule has 0 saturated carbocycles. The summed E-state index contributed by atoms with van der Waals surface area (Å²) < 4.78 is 32.1. The summed E-state index contributed by atoms with van der Waals surface area (Å²) in [6.45, 7) is 2.30. The first kappa shape index (κ1) is 22.5. The molecule has 2 amide bonds. The predicted octanol–water partition coefficient (Wildman–Crippen LogP) is 1.55. The van der Waals surface area contributed by atoms with Gasteiger partial charge in [0.05, 0.1) is 17.5 Å². The molecule has 35 heavy (non-hydrogen) atoms. The third-order valence-corrected chi connectivity index (χ3v) is 5.64. The number of aromatic nitrogens is 4. The van der Waals surface area contributed by atoms with Crippen LogP contribution in [0.3, 0.4) is 0 Å². The van der Waals surface area contributed by atoms with E-state index in [2.05, 4.69) is 15.0 Å². The van der Waals surface area contributed by atoms with E-state index < -0.39 is 48.3 Å². The maximum absolute atomic E-state index is 14.5. The molecule has 0 aliphatic carbocycles. The molecule has 1 saturated heterocycles. The van der Waals surface area contributed by atoms with Crippen molar-refractivity contribution >= 4 is 40.7 Å². The van der Waals surface area contributed by atoms with E-state index in [0.717, 1.165) is 4.90 Å². The maximum atomic E-state index is 14.5. The largest absolute Gasteiger partial charge is 0.463 e. The second-order valence-electron chi connectivity index (χ2n) is 7.95. The number of amides is 2.